The van der Waals surface area contributed by atoms with Gasteiger partial charge in [-0.25, -0.2) is 4.98 Å². The number of carbonyl (C=O) groups is 1. The number of rotatable bonds is 4. The molecule has 0 saturated heterocycles. The van der Waals surface area contributed by atoms with Gasteiger partial charge >= 0.3 is 0 Å². The highest BCUT2D eigenvalue weighted by Crippen LogP contribution is 2.20. The number of amides is 1. The molecule has 0 aliphatic heterocycles. The SMILES string of the molecule is Cc1ccc(NC(=O)c2ccc3ccccc3n2)c(CN(C)C)c1. The van der Waals surface area contributed by atoms with Crippen molar-refractivity contribution in [1.82, 2.24) is 9.88 Å². The van der Waals surface area contributed by atoms with Crippen molar-refractivity contribution >= 4 is 22.5 Å². The summed E-state index contributed by atoms with van der Waals surface area (Å²) in [6.45, 7) is 2.82. The number of fused-ring (bicyclic) bond motifs is 1. The Hall–Kier alpha value is -2.72. The lowest BCUT2D eigenvalue weighted by atomic mass is 10.1. The van der Waals surface area contributed by atoms with E-state index in [0.29, 0.717) is 5.69 Å². The number of nitrogens with zero attached hydrogens (tertiary/aromatic N) is 2. The van der Waals surface area contributed by atoms with Crippen molar-refractivity contribution in [2.24, 2.45) is 0 Å². The molecule has 0 spiro atoms. The summed E-state index contributed by atoms with van der Waals surface area (Å²) in [5.41, 5.74) is 4.34. The van der Waals surface area contributed by atoms with Crippen molar-refractivity contribution in [2.45, 2.75) is 13.5 Å². The fourth-order valence-electron chi connectivity index (χ4n) is 2.69. The molecule has 0 aliphatic rings. The lowest BCUT2D eigenvalue weighted by Gasteiger charge is -2.15. The number of para-hydroxylation sites is 1. The van der Waals surface area contributed by atoms with Crippen LogP contribution in [-0.2, 0) is 6.54 Å². The molecule has 1 amide bonds. The number of benzene rings is 2. The highest BCUT2D eigenvalue weighted by molar-refractivity contribution is 6.04. The van der Waals surface area contributed by atoms with Gasteiger partial charge in [0.15, 0.2) is 0 Å². The van der Waals surface area contributed by atoms with Crippen molar-refractivity contribution in [3.63, 3.8) is 0 Å². The highest BCUT2D eigenvalue weighted by atomic mass is 16.1. The topological polar surface area (TPSA) is 45.2 Å². The van der Waals surface area contributed by atoms with Crippen LogP contribution < -0.4 is 5.32 Å². The van der Waals surface area contributed by atoms with Gasteiger partial charge in [0.25, 0.3) is 5.91 Å². The number of pyridine rings is 1. The standard InChI is InChI=1S/C20H21N3O/c1-14-8-10-18(16(12-14)13-23(2)3)22-20(24)19-11-9-15-6-4-5-7-17(15)21-19/h4-12H,13H2,1-3H3,(H,22,24). The average molecular weight is 319 g/mol. The molecule has 2 aromatic carbocycles. The van der Waals surface area contributed by atoms with Crippen LogP contribution in [0.1, 0.15) is 21.6 Å². The van der Waals surface area contributed by atoms with Crippen molar-refractivity contribution < 1.29 is 4.79 Å². The van der Waals surface area contributed by atoms with Gasteiger partial charge in [-0.15, -0.1) is 0 Å². The number of hydrogen-bond acceptors (Lipinski definition) is 3. The summed E-state index contributed by atoms with van der Waals surface area (Å²) in [6, 6.07) is 17.5. The molecule has 3 aromatic rings. The molecular formula is C20H21N3O. The zero-order chi connectivity index (χ0) is 17.1. The molecule has 122 valence electrons. The predicted octanol–water partition coefficient (Wildman–Crippen LogP) is 3.86. The third kappa shape index (κ3) is 3.60. The quantitative estimate of drug-likeness (QED) is 0.794. The van der Waals surface area contributed by atoms with Crippen LogP contribution in [0.2, 0.25) is 0 Å². The van der Waals surface area contributed by atoms with Crippen molar-refractivity contribution in [3.05, 3.63) is 71.4 Å². The Morgan fingerprint density at radius 2 is 1.88 bits per heavy atom. The number of carbonyl (C=O) groups excluding carboxylic acids is 1. The van der Waals surface area contributed by atoms with E-state index in [1.807, 2.05) is 56.6 Å². The maximum absolute atomic E-state index is 12.6. The van der Waals surface area contributed by atoms with E-state index in [1.165, 1.54) is 5.56 Å². The van der Waals surface area contributed by atoms with E-state index in [0.717, 1.165) is 28.7 Å². The Bertz CT molecular complexity index is 887. The van der Waals surface area contributed by atoms with Gasteiger partial charge in [0.1, 0.15) is 5.69 Å². The Morgan fingerprint density at radius 1 is 1.08 bits per heavy atom. The Balaban J connectivity index is 1.88. The van der Waals surface area contributed by atoms with Crippen LogP contribution in [0, 0.1) is 6.92 Å². The van der Waals surface area contributed by atoms with Crippen molar-refractivity contribution in [3.8, 4) is 0 Å². The number of hydrogen-bond donors (Lipinski definition) is 1. The lowest BCUT2D eigenvalue weighted by molar-refractivity contribution is 0.102. The minimum Gasteiger partial charge on any atom is -0.320 e. The maximum atomic E-state index is 12.6. The Morgan fingerprint density at radius 3 is 2.67 bits per heavy atom. The number of aromatic nitrogens is 1. The number of aryl methyl sites for hydroxylation is 1. The van der Waals surface area contributed by atoms with Crippen LogP contribution in [0.4, 0.5) is 5.69 Å². The van der Waals surface area contributed by atoms with E-state index in [-0.39, 0.29) is 5.91 Å². The number of nitrogens with one attached hydrogen (secondary N) is 1. The Labute approximate surface area is 142 Å². The lowest BCUT2D eigenvalue weighted by Crippen LogP contribution is -2.17. The normalized spacial score (nSPS) is 11.0. The van der Waals surface area contributed by atoms with Crippen LogP contribution >= 0.6 is 0 Å². The molecule has 4 nitrogen and oxygen atoms in total. The van der Waals surface area contributed by atoms with E-state index >= 15 is 0 Å². The molecule has 0 saturated carbocycles. The Kier molecular flexibility index (Phi) is 4.58. The largest absolute Gasteiger partial charge is 0.320 e. The average Bonchev–Trinajstić information content (AvgIpc) is 2.56. The maximum Gasteiger partial charge on any atom is 0.274 e. The summed E-state index contributed by atoms with van der Waals surface area (Å²) < 4.78 is 0. The third-order valence-electron chi connectivity index (χ3n) is 3.83. The second kappa shape index (κ2) is 6.81. The van der Waals surface area contributed by atoms with E-state index in [1.54, 1.807) is 6.07 Å². The molecule has 1 heterocycles. The predicted molar refractivity (Wildman–Crippen MR) is 98.3 cm³/mol. The van der Waals surface area contributed by atoms with Crippen LogP contribution in [0.5, 0.6) is 0 Å². The van der Waals surface area contributed by atoms with Gasteiger partial charge < -0.3 is 10.2 Å². The van der Waals surface area contributed by atoms with Crippen LogP contribution in [0.25, 0.3) is 10.9 Å². The summed E-state index contributed by atoms with van der Waals surface area (Å²) >= 11 is 0. The monoisotopic (exact) mass is 319 g/mol. The van der Waals surface area contributed by atoms with Crippen LogP contribution in [-0.4, -0.2) is 29.9 Å². The minimum absolute atomic E-state index is 0.190. The first-order chi connectivity index (χ1) is 11.5. The summed E-state index contributed by atoms with van der Waals surface area (Å²) in [5, 5.41) is 4.02. The van der Waals surface area contributed by atoms with E-state index in [2.05, 4.69) is 28.2 Å². The van der Waals surface area contributed by atoms with E-state index < -0.39 is 0 Å². The summed E-state index contributed by atoms with van der Waals surface area (Å²) in [7, 11) is 4.03. The van der Waals surface area contributed by atoms with Crippen LogP contribution in [0.3, 0.4) is 0 Å². The van der Waals surface area contributed by atoms with Gasteiger partial charge in [-0.2, -0.15) is 0 Å². The third-order valence-corrected chi connectivity index (χ3v) is 3.83. The molecular weight excluding hydrogens is 298 g/mol. The fraction of sp³-hybridized carbons (Fsp3) is 0.200. The zero-order valence-electron chi connectivity index (χ0n) is 14.2. The van der Waals surface area contributed by atoms with Gasteiger partial charge in [-0.05, 0) is 44.8 Å². The minimum atomic E-state index is -0.190. The van der Waals surface area contributed by atoms with Crippen LogP contribution in [0.15, 0.2) is 54.6 Å². The van der Waals surface area contributed by atoms with Gasteiger partial charge in [0.05, 0.1) is 5.52 Å². The van der Waals surface area contributed by atoms with Gasteiger partial charge in [-0.3, -0.25) is 4.79 Å². The number of anilines is 1. The summed E-state index contributed by atoms with van der Waals surface area (Å²) in [5.74, 6) is -0.190. The summed E-state index contributed by atoms with van der Waals surface area (Å²) in [4.78, 5) is 19.1. The van der Waals surface area contributed by atoms with E-state index in [4.69, 9.17) is 0 Å². The molecule has 1 aromatic heterocycles. The molecule has 0 fully saturated rings. The first-order valence-corrected chi connectivity index (χ1v) is 7.94. The fourth-order valence-corrected chi connectivity index (χ4v) is 2.69. The molecule has 24 heavy (non-hydrogen) atoms. The molecule has 0 aliphatic carbocycles. The molecule has 0 bridgehead atoms. The molecule has 0 radical (unpaired) electrons. The molecule has 3 rings (SSSR count). The highest BCUT2D eigenvalue weighted by Gasteiger charge is 2.12. The van der Waals surface area contributed by atoms with Crippen molar-refractivity contribution in [2.75, 3.05) is 19.4 Å². The van der Waals surface area contributed by atoms with E-state index in [9.17, 15) is 4.79 Å². The second-order valence-corrected chi connectivity index (χ2v) is 6.24. The molecule has 0 unspecified atom stereocenters. The second-order valence-electron chi connectivity index (χ2n) is 6.24. The first-order valence-electron chi connectivity index (χ1n) is 7.94. The van der Waals surface area contributed by atoms with Gasteiger partial charge in [0, 0.05) is 17.6 Å². The molecule has 0 atom stereocenters. The van der Waals surface area contributed by atoms with Gasteiger partial charge in [0.2, 0.25) is 0 Å². The first kappa shape index (κ1) is 16.1. The molecule has 1 N–H and O–H groups in total. The summed E-state index contributed by atoms with van der Waals surface area (Å²) in [6.07, 6.45) is 0. The van der Waals surface area contributed by atoms with Crippen molar-refractivity contribution in [1.29, 1.82) is 0 Å². The smallest absolute Gasteiger partial charge is 0.274 e. The zero-order valence-corrected chi connectivity index (χ0v) is 14.2. The van der Waals surface area contributed by atoms with Gasteiger partial charge in [-0.1, -0.05) is 42.0 Å². The molecule has 4 heteroatoms.